The number of carbonyl (C=O) groups is 3. The first-order chi connectivity index (χ1) is 13.5. The second-order valence-electron chi connectivity index (χ2n) is 6.80. The van der Waals surface area contributed by atoms with Gasteiger partial charge in [-0.1, -0.05) is 30.3 Å². The molecular formula is C20H19N3O4S. The maximum Gasteiger partial charge on any atom is 0.352 e. The van der Waals surface area contributed by atoms with Gasteiger partial charge in [0.2, 0.25) is 5.91 Å². The van der Waals surface area contributed by atoms with Gasteiger partial charge in [-0.25, -0.2) is 4.79 Å². The zero-order chi connectivity index (χ0) is 19.8. The van der Waals surface area contributed by atoms with Crippen LogP contribution in [0.3, 0.4) is 0 Å². The van der Waals surface area contributed by atoms with Gasteiger partial charge in [0.25, 0.3) is 5.91 Å². The third-order valence-electron chi connectivity index (χ3n) is 4.88. The molecule has 1 saturated heterocycles. The van der Waals surface area contributed by atoms with Crippen LogP contribution in [-0.4, -0.2) is 51.5 Å². The van der Waals surface area contributed by atoms with E-state index in [1.807, 2.05) is 42.5 Å². The highest BCUT2D eigenvalue weighted by molar-refractivity contribution is 8.00. The summed E-state index contributed by atoms with van der Waals surface area (Å²) in [7, 11) is 0. The van der Waals surface area contributed by atoms with E-state index in [2.05, 4.69) is 10.6 Å². The molecule has 0 spiro atoms. The summed E-state index contributed by atoms with van der Waals surface area (Å²) >= 11 is 1.46. The smallest absolute Gasteiger partial charge is 0.352 e. The quantitative estimate of drug-likeness (QED) is 0.668. The molecule has 2 atom stereocenters. The van der Waals surface area contributed by atoms with Crippen molar-refractivity contribution in [3.8, 4) is 0 Å². The van der Waals surface area contributed by atoms with Crippen LogP contribution < -0.4 is 10.6 Å². The van der Waals surface area contributed by atoms with Gasteiger partial charge in [0.15, 0.2) is 0 Å². The molecule has 7 nitrogen and oxygen atoms in total. The maximum absolute atomic E-state index is 12.4. The predicted octanol–water partition coefficient (Wildman–Crippen LogP) is 2.01. The first kappa shape index (κ1) is 18.4. The van der Waals surface area contributed by atoms with Crippen molar-refractivity contribution in [1.29, 1.82) is 0 Å². The molecule has 1 fully saturated rings. The van der Waals surface area contributed by atoms with Gasteiger partial charge in [-0.3, -0.25) is 14.5 Å². The van der Waals surface area contributed by atoms with Crippen LogP contribution in [0.4, 0.5) is 5.69 Å². The molecule has 3 N–H and O–H groups in total. The van der Waals surface area contributed by atoms with Gasteiger partial charge in [0.1, 0.15) is 17.1 Å². The standard InChI is InChI=1S/C20H19N3O4S/c1-11-10-28-19-16(18(25)23(19)17(11)20(26)27)22-15(24)9-21-14-7-6-12-4-2-3-5-13(12)8-14/h2-8,16,19,21H,9-10H2,1H3,(H,22,24)(H,26,27)/t16?,19-/m0/s1. The molecule has 4 rings (SSSR count). The molecule has 0 radical (unpaired) electrons. The summed E-state index contributed by atoms with van der Waals surface area (Å²) in [5.74, 6) is -1.28. The van der Waals surface area contributed by atoms with Gasteiger partial charge in [-0.15, -0.1) is 11.8 Å². The summed E-state index contributed by atoms with van der Waals surface area (Å²) < 4.78 is 0. The van der Waals surface area contributed by atoms with Crippen molar-refractivity contribution in [1.82, 2.24) is 10.2 Å². The zero-order valence-electron chi connectivity index (χ0n) is 15.1. The number of anilines is 1. The minimum Gasteiger partial charge on any atom is -0.477 e. The van der Waals surface area contributed by atoms with Crippen LogP contribution in [0.5, 0.6) is 0 Å². The number of fused-ring (bicyclic) bond motifs is 2. The Bertz CT molecular complexity index is 1020. The molecule has 2 aliphatic heterocycles. The fraction of sp³-hybridized carbons (Fsp3) is 0.250. The largest absolute Gasteiger partial charge is 0.477 e. The van der Waals surface area contributed by atoms with Crippen LogP contribution in [0.25, 0.3) is 10.8 Å². The minimum atomic E-state index is -1.11. The number of rotatable bonds is 5. The SMILES string of the molecule is CC1=C(C(=O)O)N2C(=O)C(NC(=O)CNc3ccc4ccccc4c3)[C@@H]2SC1. The van der Waals surface area contributed by atoms with E-state index in [0.29, 0.717) is 11.3 Å². The second kappa shape index (κ2) is 7.20. The van der Waals surface area contributed by atoms with Gasteiger partial charge in [0, 0.05) is 11.4 Å². The number of nitrogens with zero attached hydrogens (tertiary/aromatic N) is 1. The molecule has 0 aliphatic carbocycles. The molecule has 8 heteroatoms. The molecule has 2 heterocycles. The van der Waals surface area contributed by atoms with E-state index >= 15 is 0 Å². The van der Waals surface area contributed by atoms with E-state index in [1.54, 1.807) is 6.92 Å². The van der Waals surface area contributed by atoms with E-state index < -0.39 is 12.0 Å². The topological polar surface area (TPSA) is 98.7 Å². The molecule has 0 aromatic heterocycles. The molecule has 2 aromatic rings. The fourth-order valence-electron chi connectivity index (χ4n) is 3.48. The van der Waals surface area contributed by atoms with Crippen molar-refractivity contribution in [2.75, 3.05) is 17.6 Å². The molecule has 1 unspecified atom stereocenters. The van der Waals surface area contributed by atoms with Crippen LogP contribution in [0.15, 0.2) is 53.7 Å². The highest BCUT2D eigenvalue weighted by atomic mass is 32.2. The zero-order valence-corrected chi connectivity index (χ0v) is 16.0. The first-order valence-corrected chi connectivity index (χ1v) is 9.90. The average molecular weight is 397 g/mol. The van der Waals surface area contributed by atoms with E-state index in [-0.39, 0.29) is 29.4 Å². The number of β-lactam (4-membered cyclic amide) rings is 1. The van der Waals surface area contributed by atoms with Crippen molar-refractivity contribution >= 4 is 46.0 Å². The Hall–Kier alpha value is -3.00. The summed E-state index contributed by atoms with van der Waals surface area (Å²) in [6.07, 6.45) is 0. The number of nitrogens with one attached hydrogen (secondary N) is 2. The molecule has 0 bridgehead atoms. The lowest BCUT2D eigenvalue weighted by Gasteiger charge is -2.49. The van der Waals surface area contributed by atoms with E-state index in [4.69, 9.17) is 0 Å². The summed E-state index contributed by atoms with van der Waals surface area (Å²) in [5.41, 5.74) is 1.51. The second-order valence-corrected chi connectivity index (χ2v) is 7.91. The molecule has 0 saturated carbocycles. The summed E-state index contributed by atoms with van der Waals surface area (Å²) in [5, 5.41) is 16.9. The number of carboxylic acid groups (broad SMARTS) is 1. The molecule has 144 valence electrons. The number of hydrogen-bond acceptors (Lipinski definition) is 5. The third-order valence-corrected chi connectivity index (χ3v) is 6.30. The Balaban J connectivity index is 1.37. The molecule has 28 heavy (non-hydrogen) atoms. The van der Waals surface area contributed by atoms with E-state index in [1.165, 1.54) is 16.7 Å². The number of benzene rings is 2. The Labute approximate surface area is 165 Å². The van der Waals surface area contributed by atoms with Crippen LogP contribution in [-0.2, 0) is 14.4 Å². The van der Waals surface area contributed by atoms with Crippen LogP contribution >= 0.6 is 11.8 Å². The van der Waals surface area contributed by atoms with E-state index in [9.17, 15) is 19.5 Å². The van der Waals surface area contributed by atoms with Gasteiger partial charge >= 0.3 is 5.97 Å². The summed E-state index contributed by atoms with van der Waals surface area (Å²) in [6.45, 7) is 1.74. The Morgan fingerprint density at radius 2 is 1.96 bits per heavy atom. The molecular weight excluding hydrogens is 378 g/mol. The number of carboxylic acids is 1. The first-order valence-electron chi connectivity index (χ1n) is 8.85. The van der Waals surface area contributed by atoms with Crippen molar-refractivity contribution < 1.29 is 19.5 Å². The van der Waals surface area contributed by atoms with Crippen molar-refractivity contribution in [2.45, 2.75) is 18.3 Å². The van der Waals surface area contributed by atoms with Gasteiger partial charge in [0.05, 0.1) is 6.54 Å². The fourth-order valence-corrected chi connectivity index (χ4v) is 4.77. The monoisotopic (exact) mass is 397 g/mol. The van der Waals surface area contributed by atoms with Gasteiger partial charge < -0.3 is 15.7 Å². The predicted molar refractivity (Wildman–Crippen MR) is 108 cm³/mol. The Kier molecular flexibility index (Phi) is 4.72. The molecule has 2 aromatic carbocycles. The molecule has 2 amide bonds. The number of aliphatic carboxylic acids is 1. The minimum absolute atomic E-state index is 0.0279. The summed E-state index contributed by atoms with van der Waals surface area (Å²) in [4.78, 5) is 37.4. The summed E-state index contributed by atoms with van der Waals surface area (Å²) in [6, 6.07) is 13.1. The van der Waals surface area contributed by atoms with Crippen molar-refractivity contribution in [3.63, 3.8) is 0 Å². The Morgan fingerprint density at radius 1 is 1.21 bits per heavy atom. The number of hydrogen-bond donors (Lipinski definition) is 3. The number of carbonyl (C=O) groups excluding carboxylic acids is 2. The third kappa shape index (κ3) is 3.20. The number of amides is 2. The van der Waals surface area contributed by atoms with E-state index in [0.717, 1.165) is 16.5 Å². The lowest BCUT2D eigenvalue weighted by atomic mass is 10.0. The normalized spacial score (nSPS) is 21.2. The molecule has 2 aliphatic rings. The van der Waals surface area contributed by atoms with Crippen molar-refractivity contribution in [2.24, 2.45) is 0 Å². The van der Waals surface area contributed by atoms with Crippen LogP contribution in [0, 0.1) is 0 Å². The highest BCUT2D eigenvalue weighted by Gasteiger charge is 2.53. The lowest BCUT2D eigenvalue weighted by molar-refractivity contribution is -0.150. The maximum atomic E-state index is 12.4. The average Bonchev–Trinajstić information content (AvgIpc) is 2.69. The van der Waals surface area contributed by atoms with Crippen molar-refractivity contribution in [3.05, 3.63) is 53.7 Å². The lowest BCUT2D eigenvalue weighted by Crippen LogP contribution is -2.70. The number of thioether (sulfide) groups is 1. The highest BCUT2D eigenvalue weighted by Crippen LogP contribution is 2.40. The van der Waals surface area contributed by atoms with Gasteiger partial charge in [-0.2, -0.15) is 0 Å². The van der Waals surface area contributed by atoms with Crippen LogP contribution in [0.2, 0.25) is 0 Å². The van der Waals surface area contributed by atoms with Gasteiger partial charge in [-0.05, 0) is 35.4 Å². The Morgan fingerprint density at radius 3 is 2.71 bits per heavy atom. The van der Waals surface area contributed by atoms with Crippen LogP contribution in [0.1, 0.15) is 6.92 Å².